The van der Waals surface area contributed by atoms with Crippen molar-refractivity contribution >= 4 is 51.8 Å². The number of fused-ring (bicyclic) bond motifs is 1. The number of amides is 1. The predicted molar refractivity (Wildman–Crippen MR) is 99.6 cm³/mol. The van der Waals surface area contributed by atoms with Gasteiger partial charge in [0.25, 0.3) is 0 Å². The molecule has 0 radical (unpaired) electrons. The summed E-state index contributed by atoms with van der Waals surface area (Å²) in [5.74, 6) is 0.492. The quantitative estimate of drug-likeness (QED) is 0.735. The third-order valence-electron chi connectivity index (χ3n) is 4.32. The minimum Gasteiger partial charge on any atom is -0.353 e. The van der Waals surface area contributed by atoms with Crippen LogP contribution >= 0.6 is 23.2 Å². The average Bonchev–Trinajstić information content (AvgIpc) is 3.01. The van der Waals surface area contributed by atoms with Crippen LogP contribution in [0.15, 0.2) is 24.5 Å². The number of hydrogen-bond acceptors (Lipinski definition) is 6. The highest BCUT2D eigenvalue weighted by Crippen LogP contribution is 2.29. The van der Waals surface area contributed by atoms with Gasteiger partial charge in [-0.05, 0) is 25.1 Å². The van der Waals surface area contributed by atoms with Gasteiger partial charge in [0.1, 0.15) is 6.33 Å². The first-order valence-corrected chi connectivity index (χ1v) is 8.87. The summed E-state index contributed by atoms with van der Waals surface area (Å²) in [6.45, 7) is 3.76. The van der Waals surface area contributed by atoms with Crippen LogP contribution in [0.4, 0.5) is 11.5 Å². The van der Waals surface area contributed by atoms with Gasteiger partial charge in [0.05, 0.1) is 16.0 Å². The monoisotopic (exact) mass is 391 g/mol. The molecule has 10 heteroatoms. The van der Waals surface area contributed by atoms with Crippen molar-refractivity contribution in [1.29, 1.82) is 0 Å². The molecule has 1 saturated heterocycles. The van der Waals surface area contributed by atoms with Crippen LogP contribution < -0.4 is 10.2 Å². The molecule has 1 fully saturated rings. The lowest BCUT2D eigenvalue weighted by molar-refractivity contribution is -0.120. The molecule has 134 valence electrons. The van der Waals surface area contributed by atoms with Crippen molar-refractivity contribution in [1.82, 2.24) is 25.0 Å². The van der Waals surface area contributed by atoms with Crippen LogP contribution in [0.5, 0.6) is 0 Å². The summed E-state index contributed by atoms with van der Waals surface area (Å²) >= 11 is 11.9. The fourth-order valence-electron chi connectivity index (χ4n) is 2.86. The van der Waals surface area contributed by atoms with E-state index in [1.165, 1.54) is 6.33 Å². The highest BCUT2D eigenvalue weighted by Gasteiger charge is 2.35. The van der Waals surface area contributed by atoms with Gasteiger partial charge in [0, 0.05) is 25.3 Å². The van der Waals surface area contributed by atoms with Crippen LogP contribution in [0.1, 0.15) is 6.92 Å². The molecule has 0 aliphatic carbocycles. The Bertz CT molecular complexity index is 984. The maximum Gasteiger partial charge on any atom is 0.231 e. The van der Waals surface area contributed by atoms with Crippen LogP contribution in [0.3, 0.4) is 0 Å². The van der Waals surface area contributed by atoms with E-state index < -0.39 is 0 Å². The first-order valence-electron chi connectivity index (χ1n) is 8.12. The minimum absolute atomic E-state index is 0.0675. The smallest absolute Gasteiger partial charge is 0.231 e. The summed E-state index contributed by atoms with van der Waals surface area (Å²) in [5.41, 5.74) is 1.97. The lowest BCUT2D eigenvalue weighted by Gasteiger charge is -2.38. The Kier molecular flexibility index (Phi) is 4.37. The molecule has 26 heavy (non-hydrogen) atoms. The van der Waals surface area contributed by atoms with E-state index >= 15 is 0 Å². The summed E-state index contributed by atoms with van der Waals surface area (Å²) in [6.07, 6.45) is 1.50. The SMILES string of the molecule is CCn1nnc2c(N3CC(C(=O)Nc4ccc(Cl)c(Cl)c4)C3)ncnc21. The van der Waals surface area contributed by atoms with E-state index in [9.17, 15) is 4.79 Å². The Morgan fingerprint density at radius 1 is 1.27 bits per heavy atom. The van der Waals surface area contributed by atoms with E-state index in [2.05, 4.69) is 25.6 Å². The van der Waals surface area contributed by atoms with E-state index in [4.69, 9.17) is 23.2 Å². The Morgan fingerprint density at radius 3 is 2.81 bits per heavy atom. The molecule has 1 N–H and O–H groups in total. The van der Waals surface area contributed by atoms with Crippen molar-refractivity contribution in [3.8, 4) is 0 Å². The van der Waals surface area contributed by atoms with Gasteiger partial charge in [-0.1, -0.05) is 28.4 Å². The molecule has 3 aromatic rings. The molecule has 4 rings (SSSR count). The van der Waals surface area contributed by atoms with Gasteiger partial charge in [-0.3, -0.25) is 4.79 Å². The first-order chi connectivity index (χ1) is 12.6. The highest BCUT2D eigenvalue weighted by atomic mass is 35.5. The minimum atomic E-state index is -0.143. The summed E-state index contributed by atoms with van der Waals surface area (Å²) in [4.78, 5) is 22.9. The maximum absolute atomic E-state index is 12.4. The second kappa shape index (κ2) is 6.69. The Balaban J connectivity index is 1.44. The molecule has 0 atom stereocenters. The lowest BCUT2D eigenvalue weighted by atomic mass is 9.99. The third-order valence-corrected chi connectivity index (χ3v) is 5.06. The number of carbonyl (C=O) groups excluding carboxylic acids is 1. The van der Waals surface area contributed by atoms with E-state index in [-0.39, 0.29) is 11.8 Å². The second-order valence-corrected chi connectivity index (χ2v) is 6.81. The molecule has 0 bridgehead atoms. The van der Waals surface area contributed by atoms with Crippen LogP contribution in [-0.2, 0) is 11.3 Å². The number of nitrogens with one attached hydrogen (secondary N) is 1. The van der Waals surface area contributed by atoms with Crippen molar-refractivity contribution in [3.63, 3.8) is 0 Å². The molecule has 1 aliphatic rings. The van der Waals surface area contributed by atoms with E-state index in [1.807, 2.05) is 11.8 Å². The fourth-order valence-corrected chi connectivity index (χ4v) is 3.16. The lowest BCUT2D eigenvalue weighted by Crippen LogP contribution is -2.52. The molecule has 0 saturated carbocycles. The largest absolute Gasteiger partial charge is 0.353 e. The highest BCUT2D eigenvalue weighted by molar-refractivity contribution is 6.42. The van der Waals surface area contributed by atoms with Crippen molar-refractivity contribution in [2.24, 2.45) is 5.92 Å². The van der Waals surface area contributed by atoms with Crippen LogP contribution in [0.2, 0.25) is 10.0 Å². The molecule has 1 amide bonds. The van der Waals surface area contributed by atoms with Gasteiger partial charge >= 0.3 is 0 Å². The van der Waals surface area contributed by atoms with Crippen LogP contribution in [-0.4, -0.2) is 44.0 Å². The van der Waals surface area contributed by atoms with E-state index in [1.54, 1.807) is 22.9 Å². The fraction of sp³-hybridized carbons (Fsp3) is 0.312. The van der Waals surface area contributed by atoms with Crippen molar-refractivity contribution < 1.29 is 4.79 Å². The van der Waals surface area contributed by atoms with Crippen molar-refractivity contribution in [2.75, 3.05) is 23.3 Å². The standard InChI is InChI=1S/C16H15Cl2N7O/c1-2-25-15-13(22-23-25)14(19-8-20-15)24-6-9(7-24)16(26)21-10-3-4-11(17)12(18)5-10/h3-5,8-9H,2,6-7H2,1H3,(H,21,26). The Labute approximate surface area is 159 Å². The molecule has 3 heterocycles. The van der Waals surface area contributed by atoms with Gasteiger partial charge in [0.2, 0.25) is 5.91 Å². The maximum atomic E-state index is 12.4. The van der Waals surface area contributed by atoms with E-state index in [0.29, 0.717) is 52.3 Å². The molecule has 8 nitrogen and oxygen atoms in total. The number of nitrogens with zero attached hydrogens (tertiary/aromatic N) is 6. The Hall–Kier alpha value is -2.45. The average molecular weight is 392 g/mol. The number of halogens is 2. The molecule has 2 aromatic heterocycles. The van der Waals surface area contributed by atoms with Gasteiger partial charge in [0.15, 0.2) is 17.0 Å². The second-order valence-electron chi connectivity index (χ2n) is 5.99. The summed E-state index contributed by atoms with van der Waals surface area (Å²) in [7, 11) is 0. The number of aryl methyl sites for hydroxylation is 1. The first kappa shape index (κ1) is 17.0. The van der Waals surface area contributed by atoms with E-state index in [0.717, 1.165) is 0 Å². The number of aromatic nitrogens is 5. The van der Waals surface area contributed by atoms with Gasteiger partial charge in [-0.25, -0.2) is 14.6 Å². The molecule has 0 spiro atoms. The van der Waals surface area contributed by atoms with Crippen LogP contribution in [0.25, 0.3) is 11.2 Å². The number of hydrogen-bond donors (Lipinski definition) is 1. The topological polar surface area (TPSA) is 88.8 Å². The molecule has 1 aromatic carbocycles. The zero-order chi connectivity index (χ0) is 18.3. The van der Waals surface area contributed by atoms with Gasteiger partial charge < -0.3 is 10.2 Å². The molecule has 1 aliphatic heterocycles. The van der Waals surface area contributed by atoms with Crippen LogP contribution in [0, 0.1) is 5.92 Å². The summed E-state index contributed by atoms with van der Waals surface area (Å²) < 4.78 is 1.72. The molecule has 0 unspecified atom stereocenters. The zero-order valence-electron chi connectivity index (χ0n) is 13.9. The third kappa shape index (κ3) is 2.95. The summed E-state index contributed by atoms with van der Waals surface area (Å²) in [6, 6.07) is 5.01. The number of anilines is 2. The number of carbonyl (C=O) groups is 1. The molecular formula is C16H15Cl2N7O. The zero-order valence-corrected chi connectivity index (χ0v) is 15.4. The normalized spacial score (nSPS) is 14.5. The summed E-state index contributed by atoms with van der Waals surface area (Å²) in [5, 5.41) is 12.0. The molecular weight excluding hydrogens is 377 g/mol. The van der Waals surface area contributed by atoms with Crippen molar-refractivity contribution in [2.45, 2.75) is 13.5 Å². The number of benzene rings is 1. The number of rotatable bonds is 4. The van der Waals surface area contributed by atoms with Gasteiger partial charge in [-0.15, -0.1) is 5.10 Å². The van der Waals surface area contributed by atoms with Gasteiger partial charge in [-0.2, -0.15) is 0 Å². The van der Waals surface area contributed by atoms with Crippen molar-refractivity contribution in [3.05, 3.63) is 34.6 Å². The predicted octanol–water partition coefficient (Wildman–Crippen LogP) is 2.62. The Morgan fingerprint density at radius 2 is 2.08 bits per heavy atom.